The number of piperazine rings is 1. The first-order chi connectivity index (χ1) is 12.7. The van der Waals surface area contributed by atoms with Crippen molar-refractivity contribution in [1.82, 2.24) is 14.8 Å². The second kappa shape index (κ2) is 7.28. The Morgan fingerprint density at radius 2 is 1.62 bits per heavy atom. The molecular formula is C21H23N3O2. The van der Waals surface area contributed by atoms with Gasteiger partial charge in [-0.2, -0.15) is 0 Å². The Hall–Kier alpha value is -2.69. The van der Waals surface area contributed by atoms with E-state index in [9.17, 15) is 9.59 Å². The molecule has 1 saturated carbocycles. The molecule has 1 aromatic carbocycles. The molecule has 1 saturated heterocycles. The van der Waals surface area contributed by atoms with Crippen molar-refractivity contribution in [3.05, 3.63) is 66.0 Å². The molecule has 2 fully saturated rings. The quantitative estimate of drug-likeness (QED) is 0.849. The minimum absolute atomic E-state index is 0.0874. The van der Waals surface area contributed by atoms with E-state index in [1.54, 1.807) is 6.20 Å². The van der Waals surface area contributed by atoms with Crippen LogP contribution in [0.2, 0.25) is 0 Å². The monoisotopic (exact) mass is 349 g/mol. The summed E-state index contributed by atoms with van der Waals surface area (Å²) >= 11 is 0. The van der Waals surface area contributed by atoms with Crippen LogP contribution >= 0.6 is 0 Å². The van der Waals surface area contributed by atoms with Crippen molar-refractivity contribution in [2.45, 2.75) is 18.8 Å². The summed E-state index contributed by atoms with van der Waals surface area (Å²) < 4.78 is 0. The Labute approximate surface area is 153 Å². The van der Waals surface area contributed by atoms with Crippen LogP contribution in [0, 0.1) is 5.92 Å². The van der Waals surface area contributed by atoms with Crippen molar-refractivity contribution in [3.8, 4) is 0 Å². The van der Waals surface area contributed by atoms with Crippen molar-refractivity contribution in [2.24, 2.45) is 5.92 Å². The zero-order valence-corrected chi connectivity index (χ0v) is 14.8. The van der Waals surface area contributed by atoms with Gasteiger partial charge >= 0.3 is 0 Å². The summed E-state index contributed by atoms with van der Waals surface area (Å²) in [7, 11) is 0. The number of benzene rings is 1. The van der Waals surface area contributed by atoms with Gasteiger partial charge in [0, 0.05) is 44.0 Å². The molecular weight excluding hydrogens is 326 g/mol. The van der Waals surface area contributed by atoms with Crippen LogP contribution in [0.1, 0.15) is 23.6 Å². The van der Waals surface area contributed by atoms with E-state index >= 15 is 0 Å². The molecule has 0 unspecified atom stereocenters. The zero-order chi connectivity index (χ0) is 17.9. The first kappa shape index (κ1) is 16.8. The van der Waals surface area contributed by atoms with Crippen molar-refractivity contribution in [3.63, 3.8) is 0 Å². The molecule has 0 radical (unpaired) electrons. The number of amides is 2. The van der Waals surface area contributed by atoms with Gasteiger partial charge in [-0.25, -0.2) is 0 Å². The molecule has 26 heavy (non-hydrogen) atoms. The summed E-state index contributed by atoms with van der Waals surface area (Å²) in [5.41, 5.74) is 2.05. The van der Waals surface area contributed by atoms with Gasteiger partial charge in [-0.3, -0.25) is 14.6 Å². The molecule has 2 amide bonds. The molecule has 2 atom stereocenters. The number of rotatable bonds is 4. The molecule has 4 rings (SSSR count). The molecule has 0 spiro atoms. The van der Waals surface area contributed by atoms with Crippen LogP contribution in [0.3, 0.4) is 0 Å². The van der Waals surface area contributed by atoms with E-state index in [1.165, 1.54) is 5.56 Å². The predicted molar refractivity (Wildman–Crippen MR) is 98.4 cm³/mol. The Kier molecular flexibility index (Phi) is 4.69. The van der Waals surface area contributed by atoms with Gasteiger partial charge in [0.2, 0.25) is 11.8 Å². The highest BCUT2D eigenvalue weighted by Gasteiger charge is 2.46. The SMILES string of the molecule is O=C(Cc1ccccn1)N1CCN(C(=O)[C@@H]2C[C@@H]2c2ccccc2)CC1. The van der Waals surface area contributed by atoms with E-state index in [0.29, 0.717) is 38.5 Å². The minimum Gasteiger partial charge on any atom is -0.339 e. The lowest BCUT2D eigenvalue weighted by atomic mass is 10.1. The second-order valence-electron chi connectivity index (χ2n) is 7.06. The highest BCUT2D eigenvalue weighted by Crippen LogP contribution is 2.48. The fourth-order valence-corrected chi connectivity index (χ4v) is 3.72. The minimum atomic E-state index is 0.0874. The third-order valence-corrected chi connectivity index (χ3v) is 5.34. The van der Waals surface area contributed by atoms with Gasteiger partial charge in [-0.05, 0) is 30.0 Å². The van der Waals surface area contributed by atoms with E-state index < -0.39 is 0 Å². The molecule has 2 aromatic rings. The average molecular weight is 349 g/mol. The van der Waals surface area contributed by atoms with E-state index in [2.05, 4.69) is 17.1 Å². The maximum atomic E-state index is 12.7. The van der Waals surface area contributed by atoms with Gasteiger partial charge in [0.15, 0.2) is 0 Å². The van der Waals surface area contributed by atoms with Gasteiger partial charge in [-0.1, -0.05) is 36.4 Å². The van der Waals surface area contributed by atoms with Crippen molar-refractivity contribution < 1.29 is 9.59 Å². The normalized spacial score (nSPS) is 22.2. The number of aromatic nitrogens is 1. The smallest absolute Gasteiger partial charge is 0.228 e. The first-order valence-electron chi connectivity index (χ1n) is 9.24. The summed E-state index contributed by atoms with van der Waals surface area (Å²) in [6.07, 6.45) is 2.98. The first-order valence-corrected chi connectivity index (χ1v) is 9.24. The number of carbonyl (C=O) groups is 2. The second-order valence-corrected chi connectivity index (χ2v) is 7.06. The third-order valence-electron chi connectivity index (χ3n) is 5.34. The lowest BCUT2D eigenvalue weighted by Crippen LogP contribution is -2.51. The molecule has 1 aliphatic carbocycles. The maximum absolute atomic E-state index is 12.7. The number of carbonyl (C=O) groups excluding carboxylic acids is 2. The summed E-state index contributed by atoms with van der Waals surface area (Å²) in [6.45, 7) is 2.48. The van der Waals surface area contributed by atoms with Crippen LogP contribution in [-0.2, 0) is 16.0 Å². The lowest BCUT2D eigenvalue weighted by molar-refractivity contribution is -0.140. The van der Waals surface area contributed by atoms with Crippen LogP contribution in [-0.4, -0.2) is 52.8 Å². The van der Waals surface area contributed by atoms with Crippen molar-refractivity contribution >= 4 is 11.8 Å². The molecule has 2 aliphatic rings. The highest BCUT2D eigenvalue weighted by molar-refractivity contribution is 5.84. The Morgan fingerprint density at radius 3 is 2.31 bits per heavy atom. The van der Waals surface area contributed by atoms with Gasteiger partial charge in [-0.15, -0.1) is 0 Å². The van der Waals surface area contributed by atoms with Gasteiger partial charge in [0.05, 0.1) is 6.42 Å². The molecule has 0 bridgehead atoms. The summed E-state index contributed by atoms with van der Waals surface area (Å²) in [5, 5.41) is 0. The largest absolute Gasteiger partial charge is 0.339 e. The summed E-state index contributed by atoms with van der Waals surface area (Å²) in [4.78, 5) is 33.1. The fourth-order valence-electron chi connectivity index (χ4n) is 3.72. The van der Waals surface area contributed by atoms with Crippen molar-refractivity contribution in [1.29, 1.82) is 0 Å². The number of pyridine rings is 1. The topological polar surface area (TPSA) is 53.5 Å². The molecule has 1 aliphatic heterocycles. The molecule has 134 valence electrons. The van der Waals surface area contributed by atoms with Crippen LogP contribution in [0.25, 0.3) is 0 Å². The van der Waals surface area contributed by atoms with E-state index in [0.717, 1.165) is 12.1 Å². The molecule has 2 heterocycles. The third kappa shape index (κ3) is 3.62. The molecule has 5 heteroatoms. The zero-order valence-electron chi connectivity index (χ0n) is 14.8. The number of hydrogen-bond acceptors (Lipinski definition) is 3. The summed E-state index contributed by atoms with van der Waals surface area (Å²) in [6, 6.07) is 15.9. The fraction of sp³-hybridized carbons (Fsp3) is 0.381. The Morgan fingerprint density at radius 1 is 0.923 bits per heavy atom. The highest BCUT2D eigenvalue weighted by atomic mass is 16.2. The van der Waals surface area contributed by atoms with Crippen LogP contribution < -0.4 is 0 Å². The molecule has 5 nitrogen and oxygen atoms in total. The van der Waals surface area contributed by atoms with Crippen LogP contribution in [0.4, 0.5) is 0 Å². The van der Waals surface area contributed by atoms with Gasteiger partial charge in [0.1, 0.15) is 0 Å². The standard InChI is InChI=1S/C21H23N3O2/c25-20(14-17-8-4-5-9-22-17)23-10-12-24(13-11-23)21(26)19-15-18(19)16-6-2-1-3-7-16/h1-9,18-19H,10-15H2/t18-,19-/m1/s1. The number of nitrogens with zero attached hydrogens (tertiary/aromatic N) is 3. The van der Waals surface area contributed by atoms with Gasteiger partial charge in [0.25, 0.3) is 0 Å². The van der Waals surface area contributed by atoms with Crippen LogP contribution in [0.5, 0.6) is 0 Å². The lowest BCUT2D eigenvalue weighted by Gasteiger charge is -2.35. The Bertz CT molecular complexity index is 770. The molecule has 0 N–H and O–H groups in total. The maximum Gasteiger partial charge on any atom is 0.228 e. The van der Waals surface area contributed by atoms with E-state index in [-0.39, 0.29) is 17.7 Å². The van der Waals surface area contributed by atoms with Crippen LogP contribution in [0.15, 0.2) is 54.7 Å². The predicted octanol–water partition coefficient (Wildman–Crippen LogP) is 2.10. The van der Waals surface area contributed by atoms with E-state index in [4.69, 9.17) is 0 Å². The molecule has 1 aromatic heterocycles. The average Bonchev–Trinajstić information content (AvgIpc) is 3.50. The van der Waals surface area contributed by atoms with Gasteiger partial charge < -0.3 is 9.80 Å². The Balaban J connectivity index is 1.27. The van der Waals surface area contributed by atoms with Crippen molar-refractivity contribution in [2.75, 3.05) is 26.2 Å². The number of hydrogen-bond donors (Lipinski definition) is 0. The van der Waals surface area contributed by atoms with E-state index in [1.807, 2.05) is 46.2 Å². The summed E-state index contributed by atoms with van der Waals surface area (Å²) in [5.74, 6) is 0.820.